The Morgan fingerprint density at radius 1 is 1.27 bits per heavy atom. The van der Waals surface area contributed by atoms with Gasteiger partial charge in [-0.15, -0.1) is 0 Å². The molecule has 0 amide bonds. The molecule has 0 aliphatic carbocycles. The van der Waals surface area contributed by atoms with E-state index in [0.717, 1.165) is 31.2 Å². The SMILES string of the molecule is Cc1nc(C(F)(F)F)ncc1CN1[C@@H]2CC[C@H]1CC(CO)C2. The summed E-state index contributed by atoms with van der Waals surface area (Å²) in [5, 5.41) is 9.34. The first-order valence-corrected chi connectivity index (χ1v) is 7.64. The van der Waals surface area contributed by atoms with Crippen molar-refractivity contribution in [1.29, 1.82) is 0 Å². The monoisotopic (exact) mass is 315 g/mol. The van der Waals surface area contributed by atoms with Crippen LogP contribution in [0.4, 0.5) is 13.2 Å². The van der Waals surface area contributed by atoms with E-state index in [1.165, 1.54) is 6.20 Å². The number of nitrogens with zero attached hydrogens (tertiary/aromatic N) is 3. The molecule has 3 atom stereocenters. The smallest absolute Gasteiger partial charge is 0.396 e. The van der Waals surface area contributed by atoms with Crippen LogP contribution in [0.3, 0.4) is 0 Å². The van der Waals surface area contributed by atoms with Crippen LogP contribution in [-0.4, -0.2) is 38.7 Å². The first-order chi connectivity index (χ1) is 10.4. The zero-order valence-electron chi connectivity index (χ0n) is 12.5. The number of aromatic nitrogens is 2. The number of aryl methyl sites for hydroxylation is 1. The van der Waals surface area contributed by atoms with E-state index in [1.54, 1.807) is 6.92 Å². The molecular formula is C15H20F3N3O. The Morgan fingerprint density at radius 2 is 1.91 bits per heavy atom. The molecule has 1 unspecified atom stereocenters. The summed E-state index contributed by atoms with van der Waals surface area (Å²) in [7, 11) is 0. The highest BCUT2D eigenvalue weighted by Crippen LogP contribution is 2.39. The highest BCUT2D eigenvalue weighted by molar-refractivity contribution is 5.18. The highest BCUT2D eigenvalue weighted by Gasteiger charge is 2.40. The summed E-state index contributed by atoms with van der Waals surface area (Å²) in [6.45, 7) is 2.43. The van der Waals surface area contributed by atoms with E-state index in [1.807, 2.05) is 0 Å². The molecule has 1 aromatic rings. The maximum Gasteiger partial charge on any atom is 0.451 e. The van der Waals surface area contributed by atoms with Gasteiger partial charge in [0.1, 0.15) is 0 Å². The van der Waals surface area contributed by atoms with Crippen LogP contribution in [0.25, 0.3) is 0 Å². The maximum absolute atomic E-state index is 12.6. The second-order valence-electron chi connectivity index (χ2n) is 6.38. The summed E-state index contributed by atoms with van der Waals surface area (Å²) in [5.41, 5.74) is 1.15. The van der Waals surface area contributed by atoms with Crippen molar-refractivity contribution in [2.45, 2.75) is 57.4 Å². The standard InChI is InChI=1S/C15H20F3N3O/c1-9-11(6-19-14(20-9)15(16,17)18)7-21-12-2-3-13(21)5-10(4-12)8-22/h6,10,12-13,22H,2-5,7-8H2,1H3/t10?,12-,13+. The van der Waals surface area contributed by atoms with Gasteiger partial charge in [0.15, 0.2) is 0 Å². The Balaban J connectivity index is 1.74. The molecule has 22 heavy (non-hydrogen) atoms. The molecular weight excluding hydrogens is 295 g/mol. The summed E-state index contributed by atoms with van der Waals surface area (Å²) in [5.74, 6) is -0.714. The van der Waals surface area contributed by atoms with E-state index in [2.05, 4.69) is 14.9 Å². The van der Waals surface area contributed by atoms with Gasteiger partial charge in [0.05, 0.1) is 0 Å². The molecule has 2 saturated heterocycles. The Labute approximate surface area is 127 Å². The van der Waals surface area contributed by atoms with Gasteiger partial charge in [0.25, 0.3) is 0 Å². The summed E-state index contributed by atoms with van der Waals surface area (Å²) in [6.07, 6.45) is 0.939. The highest BCUT2D eigenvalue weighted by atomic mass is 19.4. The number of rotatable bonds is 3. The van der Waals surface area contributed by atoms with E-state index < -0.39 is 12.0 Å². The van der Waals surface area contributed by atoms with Crippen LogP contribution in [0, 0.1) is 12.8 Å². The van der Waals surface area contributed by atoms with E-state index in [-0.39, 0.29) is 6.61 Å². The average Bonchev–Trinajstić information content (AvgIpc) is 2.70. The number of aliphatic hydroxyl groups excluding tert-OH is 1. The maximum atomic E-state index is 12.6. The number of fused-ring (bicyclic) bond motifs is 2. The third-order valence-electron chi connectivity index (χ3n) is 4.93. The first kappa shape index (κ1) is 15.7. The molecule has 3 heterocycles. The minimum Gasteiger partial charge on any atom is -0.396 e. The van der Waals surface area contributed by atoms with Gasteiger partial charge in [-0.25, -0.2) is 9.97 Å². The normalized spacial score (nSPS) is 29.0. The predicted molar refractivity (Wildman–Crippen MR) is 73.9 cm³/mol. The van der Waals surface area contributed by atoms with Gasteiger partial charge in [-0.3, -0.25) is 4.90 Å². The van der Waals surface area contributed by atoms with Crippen molar-refractivity contribution in [2.75, 3.05) is 6.61 Å². The van der Waals surface area contributed by atoms with E-state index in [0.29, 0.717) is 30.2 Å². The minimum atomic E-state index is -4.50. The van der Waals surface area contributed by atoms with Gasteiger partial charge >= 0.3 is 6.18 Å². The van der Waals surface area contributed by atoms with Crippen LogP contribution < -0.4 is 0 Å². The summed E-state index contributed by atoms with van der Waals surface area (Å²) >= 11 is 0. The fourth-order valence-electron chi connectivity index (χ4n) is 3.77. The molecule has 0 radical (unpaired) electrons. The van der Waals surface area contributed by atoms with E-state index in [4.69, 9.17) is 0 Å². The van der Waals surface area contributed by atoms with Crippen LogP contribution >= 0.6 is 0 Å². The number of alkyl halides is 3. The van der Waals surface area contributed by atoms with Crippen LogP contribution in [0.5, 0.6) is 0 Å². The number of piperidine rings is 1. The lowest BCUT2D eigenvalue weighted by molar-refractivity contribution is -0.145. The summed E-state index contributed by atoms with van der Waals surface area (Å²) in [4.78, 5) is 9.44. The second kappa shape index (κ2) is 5.77. The zero-order chi connectivity index (χ0) is 15.9. The first-order valence-electron chi connectivity index (χ1n) is 7.64. The Bertz CT molecular complexity index is 535. The van der Waals surface area contributed by atoms with Crippen molar-refractivity contribution in [3.8, 4) is 0 Å². The van der Waals surface area contributed by atoms with Crippen molar-refractivity contribution in [1.82, 2.24) is 14.9 Å². The Kier molecular flexibility index (Phi) is 4.11. The van der Waals surface area contributed by atoms with E-state index in [9.17, 15) is 18.3 Å². The van der Waals surface area contributed by atoms with Gasteiger partial charge in [-0.2, -0.15) is 13.2 Å². The molecule has 2 fully saturated rings. The zero-order valence-corrected chi connectivity index (χ0v) is 12.5. The Hall–Kier alpha value is -1.21. The molecule has 2 aliphatic rings. The van der Waals surface area contributed by atoms with Gasteiger partial charge in [-0.05, 0) is 38.5 Å². The lowest BCUT2D eigenvalue weighted by Crippen LogP contribution is -2.43. The molecule has 7 heteroatoms. The quantitative estimate of drug-likeness (QED) is 0.931. The predicted octanol–water partition coefficient (Wildman–Crippen LogP) is 2.54. The summed E-state index contributed by atoms with van der Waals surface area (Å²) in [6, 6.07) is 0.829. The topological polar surface area (TPSA) is 49.2 Å². The third-order valence-corrected chi connectivity index (χ3v) is 4.93. The van der Waals surface area contributed by atoms with Crippen molar-refractivity contribution < 1.29 is 18.3 Å². The molecule has 0 spiro atoms. The minimum absolute atomic E-state index is 0.225. The molecule has 122 valence electrons. The molecule has 3 rings (SSSR count). The van der Waals surface area contributed by atoms with Gasteiger partial charge in [0, 0.05) is 42.7 Å². The van der Waals surface area contributed by atoms with Crippen molar-refractivity contribution in [2.24, 2.45) is 5.92 Å². The number of hydrogen-bond donors (Lipinski definition) is 1. The van der Waals surface area contributed by atoms with E-state index >= 15 is 0 Å². The number of aliphatic hydroxyl groups is 1. The van der Waals surface area contributed by atoms with Crippen molar-refractivity contribution >= 4 is 0 Å². The summed E-state index contributed by atoms with van der Waals surface area (Å²) < 4.78 is 37.8. The lowest BCUT2D eigenvalue weighted by atomic mass is 9.91. The lowest BCUT2D eigenvalue weighted by Gasteiger charge is -2.38. The average molecular weight is 315 g/mol. The molecule has 0 saturated carbocycles. The van der Waals surface area contributed by atoms with Crippen LogP contribution in [-0.2, 0) is 12.7 Å². The molecule has 0 aromatic carbocycles. The van der Waals surface area contributed by atoms with Crippen LogP contribution in [0.15, 0.2) is 6.20 Å². The molecule has 1 aromatic heterocycles. The molecule has 2 bridgehead atoms. The second-order valence-corrected chi connectivity index (χ2v) is 6.38. The fourth-order valence-corrected chi connectivity index (χ4v) is 3.77. The Morgan fingerprint density at radius 3 is 2.41 bits per heavy atom. The third kappa shape index (κ3) is 2.96. The van der Waals surface area contributed by atoms with Gasteiger partial charge in [0.2, 0.25) is 5.82 Å². The largest absolute Gasteiger partial charge is 0.451 e. The van der Waals surface area contributed by atoms with Crippen LogP contribution in [0.1, 0.15) is 42.8 Å². The molecule has 2 aliphatic heterocycles. The van der Waals surface area contributed by atoms with Gasteiger partial charge < -0.3 is 5.11 Å². The molecule has 1 N–H and O–H groups in total. The van der Waals surface area contributed by atoms with Crippen molar-refractivity contribution in [3.05, 3.63) is 23.3 Å². The number of halogens is 3. The van der Waals surface area contributed by atoms with Gasteiger partial charge in [-0.1, -0.05) is 0 Å². The van der Waals surface area contributed by atoms with Crippen LogP contribution in [0.2, 0.25) is 0 Å². The van der Waals surface area contributed by atoms with Crippen molar-refractivity contribution in [3.63, 3.8) is 0 Å². The number of hydrogen-bond acceptors (Lipinski definition) is 4. The fraction of sp³-hybridized carbons (Fsp3) is 0.733. The molecule has 4 nitrogen and oxygen atoms in total.